The van der Waals surface area contributed by atoms with Crippen LogP contribution < -0.4 is 5.11 Å². The van der Waals surface area contributed by atoms with Crippen molar-refractivity contribution < 1.29 is 26.8 Å². The van der Waals surface area contributed by atoms with Gasteiger partial charge in [-0.2, -0.15) is 0 Å². The van der Waals surface area contributed by atoms with Crippen molar-refractivity contribution in [1.29, 1.82) is 0 Å². The van der Waals surface area contributed by atoms with Crippen molar-refractivity contribution >= 4 is 0 Å². The van der Waals surface area contributed by atoms with E-state index in [1.807, 2.05) is 0 Å². The Labute approximate surface area is 67.7 Å². The molecule has 0 aromatic heterocycles. The van der Waals surface area contributed by atoms with Crippen molar-refractivity contribution in [2.75, 3.05) is 6.61 Å². The van der Waals surface area contributed by atoms with Crippen molar-refractivity contribution in [3.05, 3.63) is 27.5 Å². The summed E-state index contributed by atoms with van der Waals surface area (Å²) in [5.74, 6) is 0. The normalized spacial score (nSPS) is 4.62. The van der Waals surface area contributed by atoms with Gasteiger partial charge in [0.25, 0.3) is 0 Å². The zero-order valence-electron chi connectivity index (χ0n) is 5.61. The van der Waals surface area contributed by atoms with Gasteiger partial charge in [0.2, 0.25) is 0 Å². The second-order valence-corrected chi connectivity index (χ2v) is 0.781. The fraction of sp³-hybridized carbons (Fsp3) is 0.333. The Hall–Kier alpha value is 0.414. The Kier molecular flexibility index (Phi) is 77.6. The standard InChI is InChI=1S/C4H7O.2CH3.Ti/c1-2-3-4-5;;;/h2H,1,3-4H2;2*1H3;/q3*-1;+3. The summed E-state index contributed by atoms with van der Waals surface area (Å²) < 4.78 is 0. The third kappa shape index (κ3) is 32.3. The van der Waals surface area contributed by atoms with E-state index in [0.717, 1.165) is 0 Å². The molecule has 0 aliphatic rings. The van der Waals surface area contributed by atoms with Gasteiger partial charge in [0, 0.05) is 0 Å². The molecule has 8 heavy (non-hydrogen) atoms. The van der Waals surface area contributed by atoms with Crippen LogP contribution in [0.2, 0.25) is 0 Å². The fourth-order valence-electron chi connectivity index (χ4n) is 0.0833. The molecule has 0 unspecified atom stereocenters. The van der Waals surface area contributed by atoms with Gasteiger partial charge in [-0.15, -0.1) is 13.2 Å². The molecule has 0 atom stereocenters. The summed E-state index contributed by atoms with van der Waals surface area (Å²) in [7, 11) is 0. The molecule has 0 aliphatic carbocycles. The molecule has 47 valence electrons. The molecule has 1 radical (unpaired) electrons. The van der Waals surface area contributed by atoms with Crippen LogP contribution in [0.1, 0.15) is 6.42 Å². The minimum atomic E-state index is -0.0243. The van der Waals surface area contributed by atoms with Gasteiger partial charge >= 0.3 is 21.7 Å². The van der Waals surface area contributed by atoms with Crippen LogP contribution in [0.25, 0.3) is 0 Å². The first-order chi connectivity index (χ1) is 2.41. The summed E-state index contributed by atoms with van der Waals surface area (Å²) in [5, 5.41) is 9.46. The first kappa shape index (κ1) is 23.7. The van der Waals surface area contributed by atoms with Crippen LogP contribution in [-0.4, -0.2) is 6.61 Å². The van der Waals surface area contributed by atoms with Crippen LogP contribution in [0.3, 0.4) is 0 Å². The van der Waals surface area contributed by atoms with E-state index in [2.05, 4.69) is 6.58 Å². The molecular formula is C6H13OTi. The molecule has 0 heterocycles. The van der Waals surface area contributed by atoms with Crippen molar-refractivity contribution in [2.45, 2.75) is 6.42 Å². The summed E-state index contributed by atoms with van der Waals surface area (Å²) in [6.07, 6.45) is 2.22. The molecular weight excluding hydrogens is 136 g/mol. The molecule has 0 aromatic rings. The van der Waals surface area contributed by atoms with E-state index in [0.29, 0.717) is 6.42 Å². The van der Waals surface area contributed by atoms with Crippen molar-refractivity contribution in [2.24, 2.45) is 0 Å². The molecule has 0 spiro atoms. The Morgan fingerprint density at radius 1 is 1.38 bits per heavy atom. The first-order valence-electron chi connectivity index (χ1n) is 1.61. The van der Waals surface area contributed by atoms with E-state index in [9.17, 15) is 5.11 Å². The van der Waals surface area contributed by atoms with Gasteiger partial charge in [-0.25, -0.2) is 0 Å². The van der Waals surface area contributed by atoms with Crippen LogP contribution in [-0.2, 0) is 21.7 Å². The Bertz CT molecular complexity index is 29.7. The maximum atomic E-state index is 9.46. The first-order valence-corrected chi connectivity index (χ1v) is 1.61. The average molecular weight is 149 g/mol. The summed E-state index contributed by atoms with van der Waals surface area (Å²) >= 11 is 0. The molecule has 0 amide bonds. The van der Waals surface area contributed by atoms with Gasteiger partial charge in [-0.1, -0.05) is 12.5 Å². The van der Waals surface area contributed by atoms with Gasteiger partial charge < -0.3 is 20.0 Å². The van der Waals surface area contributed by atoms with E-state index >= 15 is 0 Å². The Morgan fingerprint density at radius 2 is 1.75 bits per heavy atom. The van der Waals surface area contributed by atoms with E-state index in [1.54, 1.807) is 6.08 Å². The minimum Gasteiger partial charge on any atom is -0.854 e. The van der Waals surface area contributed by atoms with Crippen LogP contribution in [0.4, 0.5) is 0 Å². The fourth-order valence-corrected chi connectivity index (χ4v) is 0.0833. The molecule has 0 aromatic carbocycles. The maximum Gasteiger partial charge on any atom is 3.00 e. The van der Waals surface area contributed by atoms with Crippen LogP contribution in [0.5, 0.6) is 0 Å². The number of hydrogen-bond donors (Lipinski definition) is 0. The van der Waals surface area contributed by atoms with Crippen molar-refractivity contribution in [1.82, 2.24) is 0 Å². The zero-order valence-corrected chi connectivity index (χ0v) is 7.17. The van der Waals surface area contributed by atoms with Crippen molar-refractivity contribution in [3.63, 3.8) is 0 Å². The maximum absolute atomic E-state index is 9.46. The van der Waals surface area contributed by atoms with E-state index in [4.69, 9.17) is 0 Å². The predicted molar refractivity (Wildman–Crippen MR) is 32.5 cm³/mol. The SMILES string of the molecule is C=CCC[O-].[CH3-].[CH3-].[Ti+3]. The van der Waals surface area contributed by atoms with Gasteiger partial charge in [0.15, 0.2) is 0 Å². The summed E-state index contributed by atoms with van der Waals surface area (Å²) in [6.45, 7) is 3.33. The van der Waals surface area contributed by atoms with Crippen LogP contribution in [0.15, 0.2) is 12.7 Å². The molecule has 0 bridgehead atoms. The quantitative estimate of drug-likeness (QED) is 0.324. The smallest absolute Gasteiger partial charge is 0.854 e. The molecule has 0 aliphatic heterocycles. The zero-order chi connectivity index (χ0) is 4.12. The topological polar surface area (TPSA) is 23.1 Å². The molecule has 0 rings (SSSR count). The second-order valence-electron chi connectivity index (χ2n) is 0.781. The molecule has 0 fully saturated rings. The predicted octanol–water partition coefficient (Wildman–Crippen LogP) is 0.821. The minimum absolute atomic E-state index is 0. The third-order valence-corrected chi connectivity index (χ3v) is 0.322. The summed E-state index contributed by atoms with van der Waals surface area (Å²) in [5.41, 5.74) is 0. The number of hydrogen-bond acceptors (Lipinski definition) is 1. The molecule has 1 nitrogen and oxygen atoms in total. The van der Waals surface area contributed by atoms with Gasteiger partial charge in [0.05, 0.1) is 0 Å². The van der Waals surface area contributed by atoms with Crippen LogP contribution >= 0.6 is 0 Å². The average Bonchev–Trinajstić information content (AvgIpc) is 1.41. The molecule has 0 saturated heterocycles. The Morgan fingerprint density at radius 3 is 1.75 bits per heavy atom. The van der Waals surface area contributed by atoms with E-state index < -0.39 is 0 Å². The van der Waals surface area contributed by atoms with Gasteiger partial charge in [0.1, 0.15) is 0 Å². The third-order valence-electron chi connectivity index (χ3n) is 0.322. The molecule has 0 saturated carbocycles. The number of rotatable bonds is 2. The largest absolute Gasteiger partial charge is 3.00 e. The van der Waals surface area contributed by atoms with E-state index in [-0.39, 0.29) is 43.2 Å². The molecule has 2 heteroatoms. The van der Waals surface area contributed by atoms with Gasteiger partial charge in [-0.3, -0.25) is 0 Å². The van der Waals surface area contributed by atoms with E-state index in [1.165, 1.54) is 0 Å². The Balaban J connectivity index is -0.0000000267. The molecule has 0 N–H and O–H groups in total. The monoisotopic (exact) mass is 149 g/mol. The second kappa shape index (κ2) is 26.2. The van der Waals surface area contributed by atoms with Gasteiger partial charge in [-0.05, 0) is 0 Å². The summed E-state index contributed by atoms with van der Waals surface area (Å²) in [6, 6.07) is 0. The van der Waals surface area contributed by atoms with Crippen LogP contribution in [0, 0.1) is 14.9 Å². The summed E-state index contributed by atoms with van der Waals surface area (Å²) in [4.78, 5) is 0. The van der Waals surface area contributed by atoms with Crippen molar-refractivity contribution in [3.8, 4) is 0 Å².